The van der Waals surface area contributed by atoms with E-state index in [4.69, 9.17) is 9.41 Å². The summed E-state index contributed by atoms with van der Waals surface area (Å²) in [6.07, 6.45) is 4.47. The van der Waals surface area contributed by atoms with E-state index in [1.165, 1.54) is 0 Å². The molecule has 2 fully saturated rings. The maximum atomic E-state index is 11.7. The van der Waals surface area contributed by atoms with Crippen molar-refractivity contribution in [1.82, 2.24) is 20.5 Å². The highest BCUT2D eigenvalue weighted by Gasteiger charge is 2.42. The first-order chi connectivity index (χ1) is 13.2. The Morgan fingerprint density at radius 2 is 2.43 bits per heavy atom. The van der Waals surface area contributed by atoms with Crippen LogP contribution in [0, 0.1) is 5.41 Å². The standard InChI is InChI=1S/C19H25N5O2S.HI/c1-2-20-18(24-7-4-6-19(13-24)9-16(25)22-12-19)21-10-14-11-26-17(23-14)15-5-3-8-27-15;/h3,5,8,11H,2,4,6-7,9-10,12-13H2,1H3,(H,20,21)(H,22,25);1H. The number of guanidine groups is 1. The zero-order chi connectivity index (χ0) is 18.7. The zero-order valence-electron chi connectivity index (χ0n) is 15.9. The number of oxazole rings is 1. The first kappa shape index (κ1) is 21.1. The fraction of sp³-hybridized carbons (Fsp3) is 0.526. The fourth-order valence-corrected chi connectivity index (χ4v) is 4.56. The van der Waals surface area contributed by atoms with Crippen LogP contribution in [0.1, 0.15) is 31.9 Å². The molecule has 4 rings (SSSR count). The number of aliphatic imine (C=N–C) groups is 1. The molecule has 1 spiro atoms. The molecule has 1 amide bonds. The Kier molecular flexibility index (Phi) is 6.97. The van der Waals surface area contributed by atoms with Crippen molar-refractivity contribution in [2.45, 2.75) is 32.7 Å². The fourth-order valence-electron chi connectivity index (χ4n) is 3.90. The van der Waals surface area contributed by atoms with E-state index in [-0.39, 0.29) is 35.3 Å². The number of hydrogen-bond acceptors (Lipinski definition) is 5. The molecule has 0 aliphatic carbocycles. The van der Waals surface area contributed by atoms with Crippen molar-refractivity contribution in [2.24, 2.45) is 10.4 Å². The molecule has 28 heavy (non-hydrogen) atoms. The average Bonchev–Trinajstić information content (AvgIpc) is 3.40. The lowest BCUT2D eigenvalue weighted by molar-refractivity contribution is -0.119. The van der Waals surface area contributed by atoms with Gasteiger partial charge in [0, 0.05) is 38.0 Å². The van der Waals surface area contributed by atoms with Gasteiger partial charge >= 0.3 is 0 Å². The Morgan fingerprint density at radius 1 is 1.54 bits per heavy atom. The average molecular weight is 515 g/mol. The molecule has 152 valence electrons. The molecule has 2 aliphatic heterocycles. The van der Waals surface area contributed by atoms with Crippen LogP contribution in [0.3, 0.4) is 0 Å². The van der Waals surface area contributed by atoms with Gasteiger partial charge in [-0.3, -0.25) is 4.79 Å². The number of amides is 1. The maximum absolute atomic E-state index is 11.7. The number of halogens is 1. The molecular formula is C19H26IN5O2S. The second-order valence-corrected chi connectivity index (χ2v) is 8.22. The SMILES string of the molecule is CCNC(=NCc1coc(-c2cccs2)n1)N1CCCC2(CNC(=O)C2)C1.I. The molecule has 1 unspecified atom stereocenters. The molecule has 2 saturated heterocycles. The first-order valence-corrected chi connectivity index (χ1v) is 10.3. The third-order valence-corrected chi connectivity index (χ3v) is 6.02. The van der Waals surface area contributed by atoms with Crippen LogP contribution in [0.2, 0.25) is 0 Å². The van der Waals surface area contributed by atoms with Crippen molar-refractivity contribution in [3.05, 3.63) is 29.5 Å². The normalized spacial score (nSPS) is 22.2. The number of nitrogens with zero attached hydrogens (tertiary/aromatic N) is 3. The van der Waals surface area contributed by atoms with Crippen molar-refractivity contribution in [3.63, 3.8) is 0 Å². The van der Waals surface area contributed by atoms with Crippen LogP contribution in [-0.2, 0) is 11.3 Å². The van der Waals surface area contributed by atoms with E-state index < -0.39 is 0 Å². The van der Waals surface area contributed by atoms with Crippen molar-refractivity contribution in [2.75, 3.05) is 26.2 Å². The minimum atomic E-state index is 0. The van der Waals surface area contributed by atoms with Gasteiger partial charge in [-0.1, -0.05) is 6.07 Å². The van der Waals surface area contributed by atoms with Gasteiger partial charge in [-0.25, -0.2) is 9.98 Å². The summed E-state index contributed by atoms with van der Waals surface area (Å²) in [5.41, 5.74) is 0.865. The molecule has 0 aromatic carbocycles. The van der Waals surface area contributed by atoms with Crippen LogP contribution in [0.15, 0.2) is 33.2 Å². The predicted molar refractivity (Wildman–Crippen MR) is 121 cm³/mol. The number of likely N-dealkylation sites (tertiary alicyclic amines) is 1. The van der Waals surface area contributed by atoms with E-state index in [1.54, 1.807) is 17.6 Å². The Balaban J connectivity index is 0.00000225. The summed E-state index contributed by atoms with van der Waals surface area (Å²) in [5.74, 6) is 1.70. The van der Waals surface area contributed by atoms with E-state index in [2.05, 4.69) is 27.4 Å². The van der Waals surface area contributed by atoms with Crippen molar-refractivity contribution >= 4 is 47.2 Å². The molecule has 1 atom stereocenters. The molecule has 4 heterocycles. The number of piperidine rings is 1. The van der Waals surface area contributed by atoms with Gasteiger partial charge in [-0.2, -0.15) is 0 Å². The van der Waals surface area contributed by atoms with Crippen LogP contribution >= 0.6 is 35.3 Å². The highest BCUT2D eigenvalue weighted by atomic mass is 127. The number of aromatic nitrogens is 1. The zero-order valence-corrected chi connectivity index (χ0v) is 19.1. The minimum Gasteiger partial charge on any atom is -0.443 e. The number of rotatable bonds is 4. The summed E-state index contributed by atoms with van der Waals surface area (Å²) in [7, 11) is 0. The molecule has 9 heteroatoms. The Morgan fingerprint density at radius 3 is 3.14 bits per heavy atom. The van der Waals surface area contributed by atoms with Gasteiger partial charge < -0.3 is 20.0 Å². The lowest BCUT2D eigenvalue weighted by atomic mass is 9.79. The van der Waals surface area contributed by atoms with E-state index in [0.717, 1.165) is 55.6 Å². The maximum Gasteiger partial charge on any atom is 0.236 e. The second kappa shape index (κ2) is 9.25. The van der Waals surface area contributed by atoms with E-state index in [9.17, 15) is 4.79 Å². The minimum absolute atomic E-state index is 0. The highest BCUT2D eigenvalue weighted by Crippen LogP contribution is 2.36. The Labute approximate surface area is 186 Å². The first-order valence-electron chi connectivity index (χ1n) is 9.46. The van der Waals surface area contributed by atoms with Crippen molar-refractivity contribution < 1.29 is 9.21 Å². The van der Waals surface area contributed by atoms with Crippen LogP contribution in [0.4, 0.5) is 0 Å². The molecule has 7 nitrogen and oxygen atoms in total. The van der Waals surface area contributed by atoms with E-state index in [0.29, 0.717) is 18.9 Å². The molecule has 2 aromatic heterocycles. The lowest BCUT2D eigenvalue weighted by Crippen LogP contribution is -2.51. The van der Waals surface area contributed by atoms with E-state index >= 15 is 0 Å². The summed E-state index contributed by atoms with van der Waals surface area (Å²) in [4.78, 5) is 24.4. The smallest absolute Gasteiger partial charge is 0.236 e. The van der Waals surface area contributed by atoms with Gasteiger partial charge in [0.25, 0.3) is 0 Å². The molecule has 2 aromatic rings. The molecular weight excluding hydrogens is 489 g/mol. The summed E-state index contributed by atoms with van der Waals surface area (Å²) < 4.78 is 5.59. The molecule has 2 aliphatic rings. The van der Waals surface area contributed by atoms with Crippen molar-refractivity contribution in [1.29, 1.82) is 0 Å². The highest BCUT2D eigenvalue weighted by molar-refractivity contribution is 14.0. The van der Waals surface area contributed by atoms with Crippen LogP contribution in [-0.4, -0.2) is 47.9 Å². The van der Waals surface area contributed by atoms with Gasteiger partial charge in [-0.05, 0) is 31.2 Å². The summed E-state index contributed by atoms with van der Waals surface area (Å²) in [5, 5.41) is 8.40. The third-order valence-electron chi connectivity index (χ3n) is 5.17. The topological polar surface area (TPSA) is 82.8 Å². The summed E-state index contributed by atoms with van der Waals surface area (Å²) in [6, 6.07) is 3.98. The van der Waals surface area contributed by atoms with Gasteiger partial charge in [0.2, 0.25) is 11.8 Å². The lowest BCUT2D eigenvalue weighted by Gasteiger charge is -2.40. The monoisotopic (exact) mass is 515 g/mol. The van der Waals surface area contributed by atoms with Crippen LogP contribution in [0.25, 0.3) is 10.8 Å². The Hall–Kier alpha value is -1.62. The van der Waals surface area contributed by atoms with E-state index in [1.807, 2.05) is 17.5 Å². The number of carbonyl (C=O) groups is 1. The van der Waals surface area contributed by atoms with Gasteiger partial charge in [0.05, 0.1) is 11.4 Å². The molecule has 2 N–H and O–H groups in total. The Bertz CT molecular complexity index is 822. The van der Waals surface area contributed by atoms with Crippen molar-refractivity contribution in [3.8, 4) is 10.8 Å². The molecule has 0 bridgehead atoms. The number of carbonyl (C=O) groups excluding carboxylic acids is 1. The second-order valence-electron chi connectivity index (χ2n) is 7.27. The van der Waals surface area contributed by atoms with Crippen LogP contribution < -0.4 is 10.6 Å². The molecule has 0 saturated carbocycles. The summed E-state index contributed by atoms with van der Waals surface area (Å²) in [6.45, 7) is 5.94. The quantitative estimate of drug-likeness (QED) is 0.372. The van der Waals surface area contributed by atoms with Gasteiger partial charge in [0.1, 0.15) is 12.0 Å². The van der Waals surface area contributed by atoms with Crippen LogP contribution in [0.5, 0.6) is 0 Å². The summed E-state index contributed by atoms with van der Waals surface area (Å²) >= 11 is 1.61. The molecule has 0 radical (unpaired) electrons. The number of thiophene rings is 1. The third kappa shape index (κ3) is 4.68. The number of nitrogens with one attached hydrogen (secondary N) is 2. The number of hydrogen-bond donors (Lipinski definition) is 2. The predicted octanol–water partition coefficient (Wildman–Crippen LogP) is 3.09. The van der Waals surface area contributed by atoms with Gasteiger partial charge in [0.15, 0.2) is 5.96 Å². The van der Waals surface area contributed by atoms with Gasteiger partial charge in [-0.15, -0.1) is 35.3 Å². The largest absolute Gasteiger partial charge is 0.443 e.